The predicted octanol–water partition coefficient (Wildman–Crippen LogP) is 3.13. The second kappa shape index (κ2) is 10.1. The quantitative estimate of drug-likeness (QED) is 0.497. The van der Waals surface area contributed by atoms with Gasteiger partial charge in [-0.15, -0.1) is 13.2 Å². The van der Waals surface area contributed by atoms with Gasteiger partial charge in [0.2, 0.25) is 9.84 Å². The van der Waals surface area contributed by atoms with Gasteiger partial charge in [0, 0.05) is 24.5 Å². The number of hydrogen-bond donors (Lipinski definition) is 4. The lowest BCUT2D eigenvalue weighted by Gasteiger charge is -2.09. The van der Waals surface area contributed by atoms with Crippen LogP contribution in [0.25, 0.3) is 0 Å². The number of urea groups is 2. The highest BCUT2D eigenvalue weighted by atomic mass is 32.2. The van der Waals surface area contributed by atoms with E-state index >= 15 is 0 Å². The minimum absolute atomic E-state index is 0.0824. The molecule has 0 saturated heterocycles. The van der Waals surface area contributed by atoms with E-state index < -0.39 is 21.9 Å². The fourth-order valence-corrected chi connectivity index (χ4v) is 3.51. The summed E-state index contributed by atoms with van der Waals surface area (Å²) < 4.78 is 25.5. The first-order valence-corrected chi connectivity index (χ1v) is 10.1. The van der Waals surface area contributed by atoms with Gasteiger partial charge in [0.25, 0.3) is 0 Å². The molecule has 2 aromatic rings. The number of hydrogen-bond acceptors (Lipinski definition) is 4. The molecule has 0 aliphatic heterocycles. The van der Waals surface area contributed by atoms with E-state index in [1.807, 2.05) is 0 Å². The molecule has 2 rings (SSSR count). The molecular formula is C20H22N4O4S. The maximum absolute atomic E-state index is 12.8. The average molecular weight is 414 g/mol. The molecule has 2 aromatic carbocycles. The van der Waals surface area contributed by atoms with E-state index in [9.17, 15) is 18.0 Å². The zero-order valence-corrected chi connectivity index (χ0v) is 16.5. The minimum Gasteiger partial charge on any atom is -0.334 e. The van der Waals surface area contributed by atoms with Crippen molar-refractivity contribution in [2.45, 2.75) is 9.79 Å². The molecule has 9 heteroatoms. The van der Waals surface area contributed by atoms with Crippen molar-refractivity contribution in [1.29, 1.82) is 0 Å². The molecule has 0 unspecified atom stereocenters. The number of carbonyl (C=O) groups is 2. The zero-order valence-electron chi connectivity index (χ0n) is 15.6. The van der Waals surface area contributed by atoms with Crippen LogP contribution in [0, 0.1) is 0 Å². The summed E-state index contributed by atoms with van der Waals surface area (Å²) >= 11 is 0. The predicted molar refractivity (Wildman–Crippen MR) is 113 cm³/mol. The highest BCUT2D eigenvalue weighted by Gasteiger charge is 2.17. The van der Waals surface area contributed by atoms with E-state index in [-0.39, 0.29) is 9.79 Å². The zero-order chi connectivity index (χ0) is 21.3. The van der Waals surface area contributed by atoms with Gasteiger partial charge in [-0.3, -0.25) is 0 Å². The van der Waals surface area contributed by atoms with Gasteiger partial charge in [-0.05, 0) is 48.5 Å². The van der Waals surface area contributed by atoms with Crippen molar-refractivity contribution in [3.8, 4) is 0 Å². The molecule has 4 N–H and O–H groups in total. The molecule has 0 aliphatic carbocycles. The highest BCUT2D eigenvalue weighted by molar-refractivity contribution is 7.91. The summed E-state index contributed by atoms with van der Waals surface area (Å²) in [5, 5.41) is 10.3. The minimum atomic E-state index is -3.74. The lowest BCUT2D eigenvalue weighted by Crippen LogP contribution is -2.28. The molecule has 29 heavy (non-hydrogen) atoms. The fraction of sp³-hybridized carbons (Fsp3) is 0.100. The lowest BCUT2D eigenvalue weighted by molar-refractivity contribution is 0.252. The van der Waals surface area contributed by atoms with Gasteiger partial charge in [0.1, 0.15) is 0 Å². The maximum atomic E-state index is 12.8. The van der Waals surface area contributed by atoms with Gasteiger partial charge in [-0.2, -0.15) is 0 Å². The summed E-state index contributed by atoms with van der Waals surface area (Å²) in [6.45, 7) is 7.64. The third-order valence-electron chi connectivity index (χ3n) is 3.66. The first-order chi connectivity index (χ1) is 13.9. The van der Waals surface area contributed by atoms with Crippen LogP contribution in [0.1, 0.15) is 0 Å². The Kier molecular flexibility index (Phi) is 7.55. The number of carbonyl (C=O) groups excluding carboxylic acids is 2. The van der Waals surface area contributed by atoms with Crippen molar-refractivity contribution in [2.24, 2.45) is 0 Å². The molecular weight excluding hydrogens is 392 g/mol. The van der Waals surface area contributed by atoms with Crippen molar-refractivity contribution < 1.29 is 18.0 Å². The molecule has 0 fully saturated rings. The molecule has 4 amide bonds. The van der Waals surface area contributed by atoms with E-state index in [0.717, 1.165) is 0 Å². The van der Waals surface area contributed by atoms with E-state index in [1.54, 1.807) is 12.2 Å². The third-order valence-corrected chi connectivity index (χ3v) is 5.44. The molecule has 0 atom stereocenters. The molecule has 0 spiro atoms. The molecule has 8 nitrogen and oxygen atoms in total. The second-order valence-electron chi connectivity index (χ2n) is 5.80. The van der Waals surface area contributed by atoms with E-state index in [0.29, 0.717) is 24.5 Å². The van der Waals surface area contributed by atoms with Crippen LogP contribution < -0.4 is 21.3 Å². The second-order valence-corrected chi connectivity index (χ2v) is 7.75. The summed E-state index contributed by atoms with van der Waals surface area (Å²) in [6, 6.07) is 10.8. The molecule has 0 aromatic heterocycles. The summed E-state index contributed by atoms with van der Waals surface area (Å²) in [5.41, 5.74) is 0.909. The van der Waals surface area contributed by atoms with Crippen molar-refractivity contribution in [3.63, 3.8) is 0 Å². The van der Waals surface area contributed by atoms with Crippen LogP contribution in [0.3, 0.4) is 0 Å². The number of sulfone groups is 1. The summed E-state index contributed by atoms with van der Waals surface area (Å²) in [4.78, 5) is 23.4. The average Bonchev–Trinajstić information content (AvgIpc) is 2.71. The first-order valence-electron chi connectivity index (χ1n) is 8.63. The van der Waals surface area contributed by atoms with Gasteiger partial charge in [-0.25, -0.2) is 18.0 Å². The van der Waals surface area contributed by atoms with Gasteiger partial charge in [-0.1, -0.05) is 12.2 Å². The monoisotopic (exact) mass is 414 g/mol. The van der Waals surface area contributed by atoms with Gasteiger partial charge in [0.15, 0.2) is 0 Å². The molecule has 0 bridgehead atoms. The number of amides is 4. The van der Waals surface area contributed by atoms with Crippen LogP contribution in [0.5, 0.6) is 0 Å². The summed E-state index contributed by atoms with van der Waals surface area (Å²) in [6.07, 6.45) is 3.09. The maximum Gasteiger partial charge on any atom is 0.319 e. The Morgan fingerprint density at radius 2 is 1.07 bits per heavy atom. The lowest BCUT2D eigenvalue weighted by atomic mass is 10.3. The number of nitrogens with one attached hydrogen (secondary N) is 4. The first kappa shape index (κ1) is 21.7. The fourth-order valence-electron chi connectivity index (χ4n) is 2.25. The molecule has 0 aliphatic rings. The smallest absolute Gasteiger partial charge is 0.319 e. The molecule has 0 heterocycles. The largest absolute Gasteiger partial charge is 0.334 e. The third kappa shape index (κ3) is 6.22. The number of benzene rings is 2. The Hall–Kier alpha value is -3.59. The Morgan fingerprint density at radius 1 is 0.724 bits per heavy atom. The molecule has 152 valence electrons. The highest BCUT2D eigenvalue weighted by Crippen LogP contribution is 2.23. The van der Waals surface area contributed by atoms with Crippen molar-refractivity contribution in [3.05, 3.63) is 73.8 Å². The van der Waals surface area contributed by atoms with Crippen LogP contribution in [-0.4, -0.2) is 33.6 Å². The number of rotatable bonds is 8. The van der Waals surface area contributed by atoms with E-state index in [2.05, 4.69) is 34.4 Å². The Balaban J connectivity index is 2.08. The van der Waals surface area contributed by atoms with Crippen LogP contribution in [0.15, 0.2) is 83.6 Å². The Bertz CT molecular complexity index is 909. The summed E-state index contributed by atoms with van der Waals surface area (Å²) in [5.74, 6) is 0. The Labute approximate surface area is 169 Å². The number of anilines is 2. The van der Waals surface area contributed by atoms with E-state index in [4.69, 9.17) is 0 Å². The van der Waals surface area contributed by atoms with Crippen molar-refractivity contribution >= 4 is 33.3 Å². The molecule has 0 saturated carbocycles. The standard InChI is InChI=1S/C20H22N4O4S/c1-3-13-21-19(25)23-15-5-9-17(10-6-15)29(27,28)18-11-7-16(8-12-18)24-20(26)22-14-4-2/h3-12H,1-2,13-14H2,(H2,21,23,25)(H2,22,24,26). The SMILES string of the molecule is C=CCNC(=O)Nc1ccc(S(=O)(=O)c2ccc(NC(=O)NCC=C)cc2)cc1. The van der Waals surface area contributed by atoms with Crippen LogP contribution >= 0.6 is 0 Å². The summed E-state index contributed by atoms with van der Waals surface area (Å²) in [7, 11) is -3.74. The topological polar surface area (TPSA) is 116 Å². The molecule has 0 radical (unpaired) electrons. The van der Waals surface area contributed by atoms with Crippen molar-refractivity contribution in [2.75, 3.05) is 23.7 Å². The Morgan fingerprint density at radius 3 is 1.38 bits per heavy atom. The van der Waals surface area contributed by atoms with Gasteiger partial charge in [0.05, 0.1) is 9.79 Å². The normalized spacial score (nSPS) is 10.5. The van der Waals surface area contributed by atoms with Crippen molar-refractivity contribution in [1.82, 2.24) is 10.6 Å². The van der Waals surface area contributed by atoms with E-state index in [1.165, 1.54) is 48.5 Å². The van der Waals surface area contributed by atoms with Gasteiger partial charge >= 0.3 is 12.1 Å². The van der Waals surface area contributed by atoms with Crippen LogP contribution in [-0.2, 0) is 9.84 Å². The van der Waals surface area contributed by atoms with Crippen LogP contribution in [0.4, 0.5) is 21.0 Å². The van der Waals surface area contributed by atoms with Crippen LogP contribution in [0.2, 0.25) is 0 Å². The van der Waals surface area contributed by atoms with Gasteiger partial charge < -0.3 is 21.3 Å².